The Hall–Kier alpha value is -1.92. The van der Waals surface area contributed by atoms with Crippen LogP contribution in [0.1, 0.15) is 17.8 Å². The first-order valence-electron chi connectivity index (χ1n) is 8.84. The second kappa shape index (κ2) is 6.53. The van der Waals surface area contributed by atoms with Gasteiger partial charge in [-0.05, 0) is 24.9 Å². The predicted molar refractivity (Wildman–Crippen MR) is 92.9 cm³/mol. The maximum atomic E-state index is 11.9. The molecule has 1 atom stereocenters. The highest BCUT2D eigenvalue weighted by molar-refractivity contribution is 5.15. The van der Waals surface area contributed by atoms with Gasteiger partial charge < -0.3 is 4.90 Å². The van der Waals surface area contributed by atoms with Crippen LogP contribution in [0.25, 0.3) is 0 Å². The molecule has 24 heavy (non-hydrogen) atoms. The Kier molecular flexibility index (Phi) is 4.24. The number of rotatable bonds is 4. The van der Waals surface area contributed by atoms with Crippen LogP contribution < -0.4 is 5.69 Å². The summed E-state index contributed by atoms with van der Waals surface area (Å²) in [5, 5.41) is 4.38. The van der Waals surface area contributed by atoms with Gasteiger partial charge in [0.2, 0.25) is 0 Å². The molecule has 1 aromatic heterocycles. The van der Waals surface area contributed by atoms with Gasteiger partial charge in [0.05, 0.1) is 6.54 Å². The maximum absolute atomic E-state index is 11.9. The molecule has 1 saturated heterocycles. The minimum atomic E-state index is 0.0144. The van der Waals surface area contributed by atoms with E-state index in [0.29, 0.717) is 6.04 Å². The molecule has 2 aromatic rings. The van der Waals surface area contributed by atoms with E-state index in [9.17, 15) is 4.79 Å². The molecule has 0 aliphatic carbocycles. The highest BCUT2D eigenvalue weighted by Gasteiger charge is 2.31. The van der Waals surface area contributed by atoms with Gasteiger partial charge in [-0.15, -0.1) is 0 Å². The zero-order chi connectivity index (χ0) is 16.5. The van der Waals surface area contributed by atoms with Gasteiger partial charge in [-0.1, -0.05) is 30.3 Å². The van der Waals surface area contributed by atoms with E-state index in [-0.39, 0.29) is 5.69 Å². The van der Waals surface area contributed by atoms with Crippen LogP contribution in [0.15, 0.2) is 35.1 Å². The Bertz CT molecular complexity index is 751. The summed E-state index contributed by atoms with van der Waals surface area (Å²) in [5.41, 5.74) is 1.43. The first-order chi connectivity index (χ1) is 11.7. The third kappa shape index (κ3) is 3.03. The van der Waals surface area contributed by atoms with E-state index < -0.39 is 0 Å². The van der Waals surface area contributed by atoms with Gasteiger partial charge in [-0.3, -0.25) is 9.47 Å². The van der Waals surface area contributed by atoms with Crippen molar-refractivity contribution in [2.75, 3.05) is 26.2 Å². The van der Waals surface area contributed by atoms with E-state index in [0.717, 1.165) is 45.0 Å². The van der Waals surface area contributed by atoms with Crippen LogP contribution >= 0.6 is 0 Å². The molecular formula is C18H25N5O. The lowest BCUT2D eigenvalue weighted by Gasteiger charge is -2.31. The topological polar surface area (TPSA) is 46.3 Å². The van der Waals surface area contributed by atoms with Crippen molar-refractivity contribution in [1.82, 2.24) is 24.1 Å². The van der Waals surface area contributed by atoms with Crippen LogP contribution in [0.4, 0.5) is 0 Å². The summed E-state index contributed by atoms with van der Waals surface area (Å²) in [7, 11) is 1.73. The predicted octanol–water partition coefficient (Wildman–Crippen LogP) is 0.714. The maximum Gasteiger partial charge on any atom is 0.345 e. The third-order valence-electron chi connectivity index (χ3n) is 5.36. The van der Waals surface area contributed by atoms with Gasteiger partial charge in [0.25, 0.3) is 0 Å². The molecule has 4 rings (SSSR count). The summed E-state index contributed by atoms with van der Waals surface area (Å²) < 4.78 is 3.28. The Balaban J connectivity index is 1.33. The normalized spacial score (nSPS) is 22.0. The van der Waals surface area contributed by atoms with E-state index in [1.807, 2.05) is 4.57 Å². The molecule has 0 spiro atoms. The molecule has 0 saturated carbocycles. The Morgan fingerprint density at radius 3 is 2.83 bits per heavy atom. The summed E-state index contributed by atoms with van der Waals surface area (Å²) in [6.45, 7) is 5.95. The van der Waals surface area contributed by atoms with Crippen LogP contribution in [0, 0.1) is 0 Å². The number of hydrogen-bond donors (Lipinski definition) is 0. The number of aromatic nitrogens is 3. The number of nitrogens with zero attached hydrogens (tertiary/aromatic N) is 5. The minimum Gasteiger partial charge on any atom is -0.301 e. The van der Waals surface area contributed by atoms with E-state index in [1.54, 1.807) is 7.05 Å². The fourth-order valence-electron chi connectivity index (χ4n) is 3.94. The molecule has 2 aliphatic rings. The lowest BCUT2D eigenvalue weighted by atomic mass is 10.1. The molecule has 0 unspecified atom stereocenters. The zero-order valence-electron chi connectivity index (χ0n) is 14.3. The van der Waals surface area contributed by atoms with Gasteiger partial charge in [-0.25, -0.2) is 9.48 Å². The van der Waals surface area contributed by atoms with Crippen LogP contribution in [0.5, 0.6) is 0 Å². The number of likely N-dealkylation sites (tertiary alicyclic amines) is 1. The lowest BCUT2D eigenvalue weighted by molar-refractivity contribution is 0.151. The van der Waals surface area contributed by atoms with Crippen molar-refractivity contribution in [3.63, 3.8) is 0 Å². The van der Waals surface area contributed by atoms with Crippen molar-refractivity contribution in [2.45, 2.75) is 32.0 Å². The summed E-state index contributed by atoms with van der Waals surface area (Å²) in [6, 6.07) is 11.3. The average Bonchev–Trinajstić information content (AvgIpc) is 3.19. The molecule has 128 valence electrons. The number of benzene rings is 1. The molecule has 0 N–H and O–H groups in total. The van der Waals surface area contributed by atoms with Gasteiger partial charge in [-0.2, -0.15) is 5.10 Å². The molecule has 3 heterocycles. The van der Waals surface area contributed by atoms with Crippen molar-refractivity contribution >= 4 is 0 Å². The zero-order valence-corrected chi connectivity index (χ0v) is 14.3. The molecule has 0 bridgehead atoms. The summed E-state index contributed by atoms with van der Waals surface area (Å²) in [5.74, 6) is 0.913. The highest BCUT2D eigenvalue weighted by atomic mass is 16.2. The van der Waals surface area contributed by atoms with Crippen LogP contribution in [0.2, 0.25) is 0 Å². The molecule has 6 heteroatoms. The first kappa shape index (κ1) is 15.6. The quantitative estimate of drug-likeness (QED) is 0.830. The van der Waals surface area contributed by atoms with Crippen molar-refractivity contribution in [3.05, 3.63) is 52.2 Å². The fourth-order valence-corrected chi connectivity index (χ4v) is 3.94. The summed E-state index contributed by atoms with van der Waals surface area (Å²) in [4.78, 5) is 17.0. The van der Waals surface area contributed by atoms with Crippen molar-refractivity contribution < 1.29 is 0 Å². The molecular weight excluding hydrogens is 302 g/mol. The first-order valence-corrected chi connectivity index (χ1v) is 8.84. The van der Waals surface area contributed by atoms with Crippen LogP contribution in [-0.2, 0) is 26.6 Å². The molecule has 1 fully saturated rings. The molecule has 2 aliphatic heterocycles. The smallest absolute Gasteiger partial charge is 0.301 e. The van der Waals surface area contributed by atoms with Crippen molar-refractivity contribution in [1.29, 1.82) is 0 Å². The fraction of sp³-hybridized carbons (Fsp3) is 0.556. The SMILES string of the molecule is Cn1nc2n(c1=O)CCN([C@@H]1CCN(CCc3ccccc3)C1)C2. The molecule has 1 aromatic carbocycles. The standard InChI is InChI=1S/C18H25N5O/c1-20-18(24)23-12-11-22(14-17(23)19-20)16-8-10-21(13-16)9-7-15-5-3-2-4-6-15/h2-6,16H,7-14H2,1H3/t16-/m1/s1. The van der Waals surface area contributed by atoms with Gasteiger partial charge in [0.1, 0.15) is 5.82 Å². The largest absolute Gasteiger partial charge is 0.345 e. The Morgan fingerprint density at radius 2 is 2.00 bits per heavy atom. The Morgan fingerprint density at radius 1 is 1.17 bits per heavy atom. The third-order valence-corrected chi connectivity index (χ3v) is 5.36. The number of hydrogen-bond acceptors (Lipinski definition) is 4. The van der Waals surface area contributed by atoms with E-state index in [4.69, 9.17) is 0 Å². The highest BCUT2D eigenvalue weighted by Crippen LogP contribution is 2.20. The summed E-state index contributed by atoms with van der Waals surface area (Å²) in [6.07, 6.45) is 2.33. The lowest BCUT2D eigenvalue weighted by Crippen LogP contribution is -2.44. The van der Waals surface area contributed by atoms with Crippen LogP contribution in [0.3, 0.4) is 0 Å². The van der Waals surface area contributed by atoms with Crippen LogP contribution in [-0.4, -0.2) is 56.4 Å². The van der Waals surface area contributed by atoms with E-state index in [2.05, 4.69) is 45.2 Å². The second-order valence-electron chi connectivity index (χ2n) is 6.92. The average molecular weight is 327 g/mol. The summed E-state index contributed by atoms with van der Waals surface area (Å²) >= 11 is 0. The molecule has 0 amide bonds. The van der Waals surface area contributed by atoms with Gasteiger partial charge in [0, 0.05) is 39.3 Å². The van der Waals surface area contributed by atoms with Crippen molar-refractivity contribution in [3.8, 4) is 0 Å². The number of fused-ring (bicyclic) bond motifs is 1. The second-order valence-corrected chi connectivity index (χ2v) is 6.92. The van der Waals surface area contributed by atoms with Gasteiger partial charge in [0.15, 0.2) is 0 Å². The number of aryl methyl sites for hydroxylation is 1. The monoisotopic (exact) mass is 327 g/mol. The van der Waals surface area contributed by atoms with E-state index in [1.165, 1.54) is 23.2 Å². The van der Waals surface area contributed by atoms with E-state index >= 15 is 0 Å². The molecule has 0 radical (unpaired) electrons. The minimum absolute atomic E-state index is 0.0144. The Labute approximate surface area is 142 Å². The van der Waals surface area contributed by atoms with Gasteiger partial charge >= 0.3 is 5.69 Å². The molecule has 6 nitrogen and oxygen atoms in total. The van der Waals surface area contributed by atoms with Crippen molar-refractivity contribution in [2.24, 2.45) is 7.05 Å².